The summed E-state index contributed by atoms with van der Waals surface area (Å²) in [6, 6.07) is 13.4. The largest absolute Gasteiger partial charge is 0.465 e. The number of aryl methyl sites for hydroxylation is 2. The lowest BCUT2D eigenvalue weighted by molar-refractivity contribution is 0.0601. The number of anilines is 2. The summed E-state index contributed by atoms with van der Waals surface area (Å²) in [6.07, 6.45) is 0. The first-order valence-electron chi connectivity index (χ1n) is 8.95. The van der Waals surface area contributed by atoms with Gasteiger partial charge < -0.3 is 10.1 Å². The van der Waals surface area contributed by atoms with E-state index in [0.717, 1.165) is 26.2 Å². The molecule has 2 aromatic carbocycles. The molecule has 0 unspecified atom stereocenters. The van der Waals surface area contributed by atoms with Crippen LogP contribution in [0, 0.1) is 19.7 Å². The summed E-state index contributed by atoms with van der Waals surface area (Å²) in [4.78, 5) is 22.9. The normalized spacial score (nSPS) is 10.9. The molecule has 0 aliphatic heterocycles. The molecule has 4 aromatic rings. The highest BCUT2D eigenvalue weighted by atomic mass is 32.1. The zero-order valence-electron chi connectivity index (χ0n) is 16.1. The number of carbonyl (C=O) groups is 1. The molecule has 146 valence electrons. The van der Waals surface area contributed by atoms with Gasteiger partial charge in [-0.2, -0.15) is 0 Å². The van der Waals surface area contributed by atoms with Crippen LogP contribution < -0.4 is 5.32 Å². The van der Waals surface area contributed by atoms with Crippen LogP contribution in [0.2, 0.25) is 0 Å². The molecular formula is C22H18FN3O2S. The maximum absolute atomic E-state index is 13.4. The standard InChI is InChI=1S/C22H18FN3O2S/c1-12-18(14-7-9-16(23)10-8-14)19-20(24-13(2)25-21(19)29-12)26-17-6-4-5-15(11-17)22(27)28-3/h4-11H,1-3H3,(H,24,25,26). The number of ether oxygens (including phenoxy) is 1. The molecule has 0 saturated carbocycles. The second-order valence-electron chi connectivity index (χ2n) is 6.54. The van der Waals surface area contributed by atoms with Gasteiger partial charge in [-0.05, 0) is 49.7 Å². The van der Waals surface area contributed by atoms with Gasteiger partial charge in [0.15, 0.2) is 0 Å². The molecule has 0 amide bonds. The van der Waals surface area contributed by atoms with E-state index in [0.29, 0.717) is 22.9 Å². The molecule has 0 aliphatic rings. The highest BCUT2D eigenvalue weighted by Crippen LogP contribution is 2.41. The maximum Gasteiger partial charge on any atom is 0.337 e. The number of halogens is 1. The molecule has 5 nitrogen and oxygen atoms in total. The van der Waals surface area contributed by atoms with Crippen LogP contribution in [0.25, 0.3) is 21.3 Å². The zero-order chi connectivity index (χ0) is 20.5. The third-order valence-corrected chi connectivity index (χ3v) is 5.52. The van der Waals surface area contributed by atoms with Crippen molar-refractivity contribution in [2.75, 3.05) is 12.4 Å². The fourth-order valence-electron chi connectivity index (χ4n) is 3.25. The minimum absolute atomic E-state index is 0.281. The fraction of sp³-hybridized carbons (Fsp3) is 0.136. The van der Waals surface area contributed by atoms with E-state index in [4.69, 9.17) is 4.74 Å². The van der Waals surface area contributed by atoms with E-state index in [1.807, 2.05) is 19.9 Å². The van der Waals surface area contributed by atoms with E-state index in [1.54, 1.807) is 41.7 Å². The number of benzene rings is 2. The number of nitrogens with zero attached hydrogens (tertiary/aromatic N) is 2. The van der Waals surface area contributed by atoms with Gasteiger partial charge in [-0.3, -0.25) is 0 Å². The van der Waals surface area contributed by atoms with Crippen LogP contribution in [0.1, 0.15) is 21.1 Å². The first kappa shape index (κ1) is 19.0. The lowest BCUT2D eigenvalue weighted by Gasteiger charge is -2.11. The number of aromatic nitrogens is 2. The minimum Gasteiger partial charge on any atom is -0.465 e. The van der Waals surface area contributed by atoms with Crippen LogP contribution in [0.4, 0.5) is 15.9 Å². The van der Waals surface area contributed by atoms with Crippen molar-refractivity contribution in [3.8, 4) is 11.1 Å². The highest BCUT2D eigenvalue weighted by Gasteiger charge is 2.18. The Morgan fingerprint density at radius 2 is 1.86 bits per heavy atom. The summed E-state index contributed by atoms with van der Waals surface area (Å²) in [5.74, 6) is 0.585. The van der Waals surface area contributed by atoms with Crippen LogP contribution in [0.5, 0.6) is 0 Å². The number of hydrogen-bond acceptors (Lipinski definition) is 6. The molecule has 0 fully saturated rings. The lowest BCUT2D eigenvalue weighted by Crippen LogP contribution is -2.03. The van der Waals surface area contributed by atoms with E-state index >= 15 is 0 Å². The molecule has 0 atom stereocenters. The summed E-state index contributed by atoms with van der Waals surface area (Å²) in [5.41, 5.74) is 3.02. The first-order valence-corrected chi connectivity index (χ1v) is 9.77. The second-order valence-corrected chi connectivity index (χ2v) is 7.74. The Morgan fingerprint density at radius 1 is 1.10 bits per heavy atom. The van der Waals surface area contributed by atoms with Crippen molar-refractivity contribution in [1.29, 1.82) is 0 Å². The third kappa shape index (κ3) is 3.69. The average Bonchev–Trinajstić information content (AvgIpc) is 3.04. The van der Waals surface area contributed by atoms with Crippen molar-refractivity contribution in [3.05, 3.63) is 70.6 Å². The fourth-order valence-corrected chi connectivity index (χ4v) is 4.34. The van der Waals surface area contributed by atoms with E-state index in [9.17, 15) is 9.18 Å². The van der Waals surface area contributed by atoms with Gasteiger partial charge in [-0.25, -0.2) is 19.2 Å². The average molecular weight is 407 g/mol. The van der Waals surface area contributed by atoms with Crippen molar-refractivity contribution < 1.29 is 13.9 Å². The number of esters is 1. The first-order chi connectivity index (χ1) is 14.0. The van der Waals surface area contributed by atoms with Gasteiger partial charge in [0.25, 0.3) is 0 Å². The lowest BCUT2D eigenvalue weighted by atomic mass is 10.0. The van der Waals surface area contributed by atoms with Gasteiger partial charge in [0.1, 0.15) is 22.3 Å². The van der Waals surface area contributed by atoms with Crippen molar-refractivity contribution in [2.24, 2.45) is 0 Å². The molecule has 1 N–H and O–H groups in total. The van der Waals surface area contributed by atoms with Gasteiger partial charge in [0.05, 0.1) is 18.1 Å². The van der Waals surface area contributed by atoms with Crippen molar-refractivity contribution >= 4 is 39.0 Å². The summed E-state index contributed by atoms with van der Waals surface area (Å²) in [5, 5.41) is 4.18. The highest BCUT2D eigenvalue weighted by molar-refractivity contribution is 7.19. The van der Waals surface area contributed by atoms with E-state index < -0.39 is 5.97 Å². The molecule has 29 heavy (non-hydrogen) atoms. The van der Waals surface area contributed by atoms with Crippen LogP contribution in [0.3, 0.4) is 0 Å². The Bertz CT molecular complexity index is 1220. The number of hydrogen-bond donors (Lipinski definition) is 1. The minimum atomic E-state index is -0.406. The number of nitrogens with one attached hydrogen (secondary N) is 1. The van der Waals surface area contributed by atoms with Crippen LogP contribution >= 0.6 is 11.3 Å². The molecule has 0 saturated heterocycles. The molecule has 0 aliphatic carbocycles. The smallest absolute Gasteiger partial charge is 0.337 e. The van der Waals surface area contributed by atoms with Crippen molar-refractivity contribution in [2.45, 2.75) is 13.8 Å². The maximum atomic E-state index is 13.4. The molecule has 0 radical (unpaired) electrons. The Balaban J connectivity index is 1.86. The summed E-state index contributed by atoms with van der Waals surface area (Å²) < 4.78 is 18.2. The quantitative estimate of drug-likeness (QED) is 0.443. The van der Waals surface area contributed by atoms with Gasteiger partial charge in [-0.15, -0.1) is 11.3 Å². The Labute approximate surface area is 171 Å². The third-order valence-electron chi connectivity index (χ3n) is 4.52. The predicted molar refractivity (Wildman–Crippen MR) is 113 cm³/mol. The predicted octanol–water partition coefficient (Wildman–Crippen LogP) is 5.64. The topological polar surface area (TPSA) is 64.1 Å². The SMILES string of the molecule is COC(=O)c1cccc(Nc2nc(C)nc3sc(C)c(-c4ccc(F)cc4)c23)c1. The summed E-state index contributed by atoms with van der Waals surface area (Å²) in [6.45, 7) is 3.85. The zero-order valence-corrected chi connectivity index (χ0v) is 16.9. The van der Waals surface area contributed by atoms with Gasteiger partial charge >= 0.3 is 5.97 Å². The Kier molecular flexibility index (Phi) is 4.98. The van der Waals surface area contributed by atoms with Crippen LogP contribution in [-0.2, 0) is 4.74 Å². The monoisotopic (exact) mass is 407 g/mol. The van der Waals surface area contributed by atoms with Crippen molar-refractivity contribution in [3.63, 3.8) is 0 Å². The molecule has 7 heteroatoms. The number of thiophene rings is 1. The summed E-state index contributed by atoms with van der Waals surface area (Å²) >= 11 is 1.57. The second kappa shape index (κ2) is 7.60. The molecule has 0 bridgehead atoms. The molecular weight excluding hydrogens is 389 g/mol. The van der Waals surface area contributed by atoms with Gasteiger partial charge in [0, 0.05) is 16.1 Å². The van der Waals surface area contributed by atoms with Gasteiger partial charge in [0.2, 0.25) is 0 Å². The molecule has 2 aromatic heterocycles. The Hall–Kier alpha value is -3.32. The summed E-state index contributed by atoms with van der Waals surface area (Å²) in [7, 11) is 1.35. The van der Waals surface area contributed by atoms with Crippen molar-refractivity contribution in [1.82, 2.24) is 9.97 Å². The van der Waals surface area contributed by atoms with Gasteiger partial charge in [-0.1, -0.05) is 18.2 Å². The van der Waals surface area contributed by atoms with Crippen LogP contribution in [-0.4, -0.2) is 23.0 Å². The van der Waals surface area contributed by atoms with E-state index in [2.05, 4.69) is 15.3 Å². The molecule has 0 spiro atoms. The Morgan fingerprint density at radius 3 is 2.59 bits per heavy atom. The number of fused-ring (bicyclic) bond motifs is 1. The number of carbonyl (C=O) groups excluding carboxylic acids is 1. The number of rotatable bonds is 4. The number of methoxy groups -OCH3 is 1. The molecule has 4 rings (SSSR count). The van der Waals surface area contributed by atoms with Crippen LogP contribution in [0.15, 0.2) is 48.5 Å². The van der Waals surface area contributed by atoms with E-state index in [-0.39, 0.29) is 5.82 Å². The van der Waals surface area contributed by atoms with E-state index in [1.165, 1.54) is 19.2 Å². The molecule has 2 heterocycles.